The largest absolute Gasteiger partial charge is 0.368 e. The second kappa shape index (κ2) is 6.77. The summed E-state index contributed by atoms with van der Waals surface area (Å²) in [7, 11) is 0. The minimum atomic E-state index is -0.0455. The van der Waals surface area contributed by atoms with Gasteiger partial charge in [0.15, 0.2) is 0 Å². The highest BCUT2D eigenvalue weighted by Crippen LogP contribution is 2.28. The van der Waals surface area contributed by atoms with Gasteiger partial charge in [-0.25, -0.2) is 9.97 Å². The summed E-state index contributed by atoms with van der Waals surface area (Å²) in [5.41, 5.74) is 8.14. The molecular formula is C18H22N4O. The van der Waals surface area contributed by atoms with Crippen molar-refractivity contribution in [3.05, 3.63) is 53.3 Å². The van der Waals surface area contributed by atoms with Gasteiger partial charge in [-0.3, -0.25) is 4.79 Å². The van der Waals surface area contributed by atoms with E-state index in [1.807, 2.05) is 17.9 Å². The van der Waals surface area contributed by atoms with Gasteiger partial charge in [-0.1, -0.05) is 30.3 Å². The molecule has 1 saturated heterocycles. The number of aryl methyl sites for hydroxylation is 1. The van der Waals surface area contributed by atoms with Crippen molar-refractivity contribution in [2.24, 2.45) is 0 Å². The van der Waals surface area contributed by atoms with Crippen LogP contribution >= 0.6 is 0 Å². The van der Waals surface area contributed by atoms with Gasteiger partial charge in [0, 0.05) is 18.8 Å². The number of nitrogens with two attached hydrogens (primary N) is 1. The number of hydrogen-bond donors (Lipinski definition) is 1. The smallest absolute Gasteiger partial charge is 0.272 e. The molecule has 1 aliphatic rings. The maximum Gasteiger partial charge on any atom is 0.272 e. The van der Waals surface area contributed by atoms with Gasteiger partial charge in [-0.05, 0) is 43.7 Å². The Hall–Kier alpha value is -2.43. The first kappa shape index (κ1) is 15.5. The second-order valence-corrected chi connectivity index (χ2v) is 6.08. The molecule has 5 heteroatoms. The number of likely N-dealkylation sites (tertiary alicyclic amines) is 1. The summed E-state index contributed by atoms with van der Waals surface area (Å²) in [5.74, 6) is 0.632. The number of carbonyl (C=O) groups is 1. The van der Waals surface area contributed by atoms with Gasteiger partial charge in [0.05, 0.1) is 0 Å². The number of aromatic nitrogens is 2. The van der Waals surface area contributed by atoms with Crippen LogP contribution in [0.2, 0.25) is 0 Å². The van der Waals surface area contributed by atoms with Crippen molar-refractivity contribution in [1.29, 1.82) is 0 Å². The highest BCUT2D eigenvalue weighted by atomic mass is 16.2. The first-order valence-corrected chi connectivity index (χ1v) is 8.09. The number of benzene rings is 1. The molecule has 0 aliphatic carbocycles. The molecule has 5 nitrogen and oxygen atoms in total. The van der Waals surface area contributed by atoms with Crippen LogP contribution in [0.25, 0.3) is 0 Å². The van der Waals surface area contributed by atoms with Gasteiger partial charge in [0.1, 0.15) is 5.69 Å². The summed E-state index contributed by atoms with van der Waals surface area (Å²) in [5, 5.41) is 0. The van der Waals surface area contributed by atoms with Crippen LogP contribution in [0.4, 0.5) is 5.95 Å². The van der Waals surface area contributed by atoms with E-state index in [-0.39, 0.29) is 11.9 Å². The summed E-state index contributed by atoms with van der Waals surface area (Å²) in [4.78, 5) is 22.7. The fourth-order valence-electron chi connectivity index (χ4n) is 3.22. The number of nitrogens with zero attached hydrogens (tertiary/aromatic N) is 3. The van der Waals surface area contributed by atoms with Crippen LogP contribution < -0.4 is 5.73 Å². The summed E-state index contributed by atoms with van der Waals surface area (Å²) >= 11 is 0. The van der Waals surface area contributed by atoms with Crippen molar-refractivity contribution in [1.82, 2.24) is 14.9 Å². The molecule has 0 bridgehead atoms. The number of nitrogen functional groups attached to an aromatic ring is 1. The van der Waals surface area contributed by atoms with Crippen LogP contribution in [-0.2, 0) is 0 Å². The van der Waals surface area contributed by atoms with Crippen molar-refractivity contribution in [2.75, 3.05) is 18.8 Å². The van der Waals surface area contributed by atoms with Crippen molar-refractivity contribution in [3.8, 4) is 0 Å². The molecule has 0 spiro atoms. The van der Waals surface area contributed by atoms with Crippen LogP contribution in [0.15, 0.2) is 36.4 Å². The molecule has 2 N–H and O–H groups in total. The number of carbonyl (C=O) groups excluding carboxylic acids is 1. The second-order valence-electron chi connectivity index (χ2n) is 6.08. The van der Waals surface area contributed by atoms with E-state index in [9.17, 15) is 4.79 Å². The van der Waals surface area contributed by atoms with E-state index in [0.717, 1.165) is 38.0 Å². The van der Waals surface area contributed by atoms with Crippen LogP contribution in [0.5, 0.6) is 0 Å². The molecule has 2 aromatic rings. The predicted octanol–water partition coefficient (Wildman–Crippen LogP) is 2.78. The Morgan fingerprint density at radius 3 is 2.70 bits per heavy atom. The molecule has 1 aliphatic heterocycles. The average Bonchev–Trinajstić information content (AvgIpc) is 2.80. The minimum Gasteiger partial charge on any atom is -0.368 e. The summed E-state index contributed by atoms with van der Waals surface area (Å²) in [6.07, 6.45) is 3.10. The summed E-state index contributed by atoms with van der Waals surface area (Å²) < 4.78 is 0. The third-order valence-corrected chi connectivity index (χ3v) is 4.38. The van der Waals surface area contributed by atoms with Crippen molar-refractivity contribution in [3.63, 3.8) is 0 Å². The molecule has 1 aromatic heterocycles. The molecular weight excluding hydrogens is 288 g/mol. The predicted molar refractivity (Wildman–Crippen MR) is 90.1 cm³/mol. The van der Waals surface area contributed by atoms with Gasteiger partial charge >= 0.3 is 0 Å². The molecule has 3 rings (SSSR count). The van der Waals surface area contributed by atoms with E-state index in [4.69, 9.17) is 5.73 Å². The molecule has 1 amide bonds. The Labute approximate surface area is 136 Å². The first-order valence-electron chi connectivity index (χ1n) is 8.09. The zero-order chi connectivity index (χ0) is 16.2. The highest BCUT2D eigenvalue weighted by Gasteiger charge is 2.23. The third kappa shape index (κ3) is 3.67. The minimum absolute atomic E-state index is 0.0455. The Bertz CT molecular complexity index is 666. The maximum absolute atomic E-state index is 12.7. The SMILES string of the molecule is Cc1cc(C(=O)N2CCC[C@H](c3ccccc3)CC2)nc(N)n1. The standard InChI is InChI=1S/C18H22N4O/c1-13-12-16(21-18(19)20-13)17(23)22-10-5-8-15(9-11-22)14-6-3-2-4-7-14/h2-4,6-7,12,15H,5,8-11H2,1H3,(H2,19,20,21)/t15-/m0/s1. The van der Waals surface area contributed by atoms with Gasteiger partial charge in [-0.15, -0.1) is 0 Å². The van der Waals surface area contributed by atoms with Crippen LogP contribution in [0.1, 0.15) is 46.9 Å². The Kier molecular flexibility index (Phi) is 4.55. The quantitative estimate of drug-likeness (QED) is 0.926. The van der Waals surface area contributed by atoms with E-state index in [1.54, 1.807) is 6.07 Å². The normalized spacial score (nSPS) is 18.5. The van der Waals surface area contributed by atoms with Crippen molar-refractivity contribution in [2.45, 2.75) is 32.1 Å². The van der Waals surface area contributed by atoms with Gasteiger partial charge < -0.3 is 10.6 Å². The molecule has 120 valence electrons. The molecule has 2 heterocycles. The fourth-order valence-corrected chi connectivity index (χ4v) is 3.22. The monoisotopic (exact) mass is 310 g/mol. The van der Waals surface area contributed by atoms with E-state index in [1.165, 1.54) is 5.56 Å². The number of amides is 1. The summed E-state index contributed by atoms with van der Waals surface area (Å²) in [6.45, 7) is 3.34. The number of rotatable bonds is 2. The average molecular weight is 310 g/mol. The molecule has 0 saturated carbocycles. The fraction of sp³-hybridized carbons (Fsp3) is 0.389. The summed E-state index contributed by atoms with van der Waals surface area (Å²) in [6, 6.07) is 12.3. The van der Waals surface area contributed by atoms with Crippen LogP contribution in [-0.4, -0.2) is 33.9 Å². The molecule has 0 radical (unpaired) electrons. The Morgan fingerprint density at radius 2 is 1.96 bits per heavy atom. The van der Waals surface area contributed by atoms with Crippen LogP contribution in [0, 0.1) is 6.92 Å². The molecule has 1 atom stereocenters. The zero-order valence-corrected chi connectivity index (χ0v) is 13.4. The van der Waals surface area contributed by atoms with E-state index < -0.39 is 0 Å². The van der Waals surface area contributed by atoms with Crippen molar-refractivity contribution >= 4 is 11.9 Å². The van der Waals surface area contributed by atoms with Crippen molar-refractivity contribution < 1.29 is 4.79 Å². The number of hydrogen-bond acceptors (Lipinski definition) is 4. The molecule has 1 fully saturated rings. The topological polar surface area (TPSA) is 72.1 Å². The molecule has 23 heavy (non-hydrogen) atoms. The number of anilines is 1. The third-order valence-electron chi connectivity index (χ3n) is 4.38. The molecule has 1 aromatic carbocycles. The van der Waals surface area contributed by atoms with Gasteiger partial charge in [-0.2, -0.15) is 0 Å². The zero-order valence-electron chi connectivity index (χ0n) is 13.4. The van der Waals surface area contributed by atoms with E-state index in [2.05, 4.69) is 34.2 Å². The van der Waals surface area contributed by atoms with E-state index in [0.29, 0.717) is 11.6 Å². The van der Waals surface area contributed by atoms with Gasteiger partial charge in [0.2, 0.25) is 5.95 Å². The lowest BCUT2D eigenvalue weighted by atomic mass is 9.92. The first-order chi connectivity index (χ1) is 11.1. The van der Waals surface area contributed by atoms with Gasteiger partial charge in [0.25, 0.3) is 5.91 Å². The molecule has 0 unspecified atom stereocenters. The Morgan fingerprint density at radius 1 is 1.17 bits per heavy atom. The van der Waals surface area contributed by atoms with Crippen LogP contribution in [0.3, 0.4) is 0 Å². The lowest BCUT2D eigenvalue weighted by Gasteiger charge is -2.20. The highest BCUT2D eigenvalue weighted by molar-refractivity contribution is 5.92. The lowest BCUT2D eigenvalue weighted by Crippen LogP contribution is -2.32. The Balaban J connectivity index is 1.71. The van der Waals surface area contributed by atoms with E-state index >= 15 is 0 Å². The maximum atomic E-state index is 12.7. The lowest BCUT2D eigenvalue weighted by molar-refractivity contribution is 0.0755.